The number of nitrogens with zero attached hydrogens (tertiary/aromatic N) is 1. The molecule has 0 saturated carbocycles. The largest absolute Gasteiger partial charge is 0.497 e. The summed E-state index contributed by atoms with van der Waals surface area (Å²) in [7, 11) is 1.67. The van der Waals surface area contributed by atoms with Crippen LogP contribution in [0.2, 0.25) is 0 Å². The van der Waals surface area contributed by atoms with E-state index in [0.717, 1.165) is 16.9 Å². The van der Waals surface area contributed by atoms with Crippen LogP contribution < -0.4 is 4.74 Å². The molecule has 0 radical (unpaired) electrons. The number of benzene rings is 1. The molecule has 0 N–H and O–H groups in total. The zero-order chi connectivity index (χ0) is 11.2. The highest BCUT2D eigenvalue weighted by atomic mass is 16.5. The third kappa shape index (κ3) is 2.70. The summed E-state index contributed by atoms with van der Waals surface area (Å²) < 4.78 is 5.16. The van der Waals surface area contributed by atoms with Crippen LogP contribution in [0.3, 0.4) is 0 Å². The van der Waals surface area contributed by atoms with Crippen LogP contribution in [0.25, 0.3) is 12.2 Å². The third-order valence-electron chi connectivity index (χ3n) is 2.25. The Hall–Kier alpha value is -2.09. The molecule has 2 rings (SSSR count). The molecular formula is C14H13NO. The highest BCUT2D eigenvalue weighted by Gasteiger charge is 1.91. The Morgan fingerprint density at radius 2 is 1.88 bits per heavy atom. The summed E-state index contributed by atoms with van der Waals surface area (Å²) in [6, 6.07) is 11.9. The zero-order valence-corrected chi connectivity index (χ0v) is 9.13. The van der Waals surface area contributed by atoms with Crippen molar-refractivity contribution in [1.29, 1.82) is 0 Å². The van der Waals surface area contributed by atoms with Crippen molar-refractivity contribution in [2.75, 3.05) is 7.11 Å². The van der Waals surface area contributed by atoms with Crippen molar-refractivity contribution in [3.63, 3.8) is 0 Å². The molecule has 80 valence electrons. The molecule has 2 aromatic rings. The summed E-state index contributed by atoms with van der Waals surface area (Å²) in [6.45, 7) is 0. The molecule has 2 nitrogen and oxygen atoms in total. The normalized spacial score (nSPS) is 10.6. The summed E-state index contributed by atoms with van der Waals surface area (Å²) >= 11 is 0. The molecule has 1 aromatic carbocycles. The molecule has 2 heteroatoms. The maximum atomic E-state index is 5.16. The van der Waals surface area contributed by atoms with Gasteiger partial charge in [-0.1, -0.05) is 30.4 Å². The zero-order valence-electron chi connectivity index (χ0n) is 9.13. The van der Waals surface area contributed by atoms with Gasteiger partial charge in [0.25, 0.3) is 0 Å². The van der Waals surface area contributed by atoms with Gasteiger partial charge in [-0.05, 0) is 29.3 Å². The SMILES string of the molecule is COc1cccc(C=Cc2cccnc2)c1. The molecule has 16 heavy (non-hydrogen) atoms. The van der Waals surface area contributed by atoms with E-state index >= 15 is 0 Å². The van der Waals surface area contributed by atoms with E-state index in [0.29, 0.717) is 0 Å². The molecule has 0 aliphatic heterocycles. The van der Waals surface area contributed by atoms with Gasteiger partial charge in [0, 0.05) is 12.4 Å². The fourth-order valence-corrected chi connectivity index (χ4v) is 1.41. The highest BCUT2D eigenvalue weighted by Crippen LogP contribution is 2.14. The fourth-order valence-electron chi connectivity index (χ4n) is 1.41. The first-order valence-electron chi connectivity index (χ1n) is 5.10. The quantitative estimate of drug-likeness (QED) is 0.777. The third-order valence-corrected chi connectivity index (χ3v) is 2.25. The second-order valence-electron chi connectivity index (χ2n) is 3.40. The van der Waals surface area contributed by atoms with Crippen molar-refractivity contribution in [2.24, 2.45) is 0 Å². The van der Waals surface area contributed by atoms with Gasteiger partial charge >= 0.3 is 0 Å². The van der Waals surface area contributed by atoms with Crippen LogP contribution in [0.4, 0.5) is 0 Å². The molecule has 0 fully saturated rings. The molecule has 0 bridgehead atoms. The van der Waals surface area contributed by atoms with E-state index in [1.54, 1.807) is 13.3 Å². The van der Waals surface area contributed by atoms with Crippen molar-refractivity contribution in [1.82, 2.24) is 4.98 Å². The summed E-state index contributed by atoms with van der Waals surface area (Å²) in [4.78, 5) is 4.05. The summed E-state index contributed by atoms with van der Waals surface area (Å²) in [5, 5.41) is 0. The topological polar surface area (TPSA) is 22.1 Å². The molecule has 1 aromatic heterocycles. The first-order chi connectivity index (χ1) is 7.88. The van der Waals surface area contributed by atoms with Crippen LogP contribution in [0.5, 0.6) is 5.75 Å². The smallest absolute Gasteiger partial charge is 0.119 e. The van der Waals surface area contributed by atoms with Crippen LogP contribution >= 0.6 is 0 Å². The number of pyridine rings is 1. The number of hydrogen-bond donors (Lipinski definition) is 0. The van der Waals surface area contributed by atoms with E-state index in [1.807, 2.05) is 54.7 Å². The predicted molar refractivity (Wildman–Crippen MR) is 66.2 cm³/mol. The number of rotatable bonds is 3. The van der Waals surface area contributed by atoms with Gasteiger partial charge in [0.2, 0.25) is 0 Å². The summed E-state index contributed by atoms with van der Waals surface area (Å²) in [5.74, 6) is 0.869. The molecule has 0 saturated heterocycles. The van der Waals surface area contributed by atoms with Crippen molar-refractivity contribution in [3.8, 4) is 5.75 Å². The Balaban J connectivity index is 2.17. The van der Waals surface area contributed by atoms with Crippen LogP contribution in [-0.4, -0.2) is 12.1 Å². The van der Waals surface area contributed by atoms with E-state index < -0.39 is 0 Å². The van der Waals surface area contributed by atoms with E-state index in [9.17, 15) is 0 Å². The predicted octanol–water partition coefficient (Wildman–Crippen LogP) is 3.26. The number of aromatic nitrogens is 1. The highest BCUT2D eigenvalue weighted by molar-refractivity contribution is 5.69. The summed E-state index contributed by atoms with van der Waals surface area (Å²) in [6.07, 6.45) is 7.67. The van der Waals surface area contributed by atoms with Gasteiger partial charge < -0.3 is 4.74 Å². The van der Waals surface area contributed by atoms with Gasteiger partial charge in [0.15, 0.2) is 0 Å². The van der Waals surface area contributed by atoms with Crippen molar-refractivity contribution in [3.05, 3.63) is 59.9 Å². The number of methoxy groups -OCH3 is 1. The minimum atomic E-state index is 0.869. The van der Waals surface area contributed by atoms with E-state index in [1.165, 1.54) is 0 Å². The first kappa shape index (κ1) is 10.4. The Morgan fingerprint density at radius 3 is 2.62 bits per heavy atom. The second-order valence-corrected chi connectivity index (χ2v) is 3.40. The number of hydrogen-bond acceptors (Lipinski definition) is 2. The molecule has 0 unspecified atom stereocenters. The molecule has 0 spiro atoms. The lowest BCUT2D eigenvalue weighted by molar-refractivity contribution is 0.414. The van der Waals surface area contributed by atoms with Gasteiger partial charge in [-0.3, -0.25) is 4.98 Å². The lowest BCUT2D eigenvalue weighted by Crippen LogP contribution is -1.82. The number of ether oxygens (including phenoxy) is 1. The van der Waals surface area contributed by atoms with Gasteiger partial charge in [-0.2, -0.15) is 0 Å². The van der Waals surface area contributed by atoms with Gasteiger partial charge in [-0.15, -0.1) is 0 Å². The van der Waals surface area contributed by atoms with E-state index in [-0.39, 0.29) is 0 Å². The van der Waals surface area contributed by atoms with Crippen molar-refractivity contribution in [2.45, 2.75) is 0 Å². The molecule has 0 atom stereocenters. The maximum Gasteiger partial charge on any atom is 0.119 e. The van der Waals surface area contributed by atoms with Gasteiger partial charge in [0.05, 0.1) is 7.11 Å². The van der Waals surface area contributed by atoms with Crippen molar-refractivity contribution >= 4 is 12.2 Å². The lowest BCUT2D eigenvalue weighted by atomic mass is 10.1. The Bertz CT molecular complexity index is 477. The fraction of sp³-hybridized carbons (Fsp3) is 0.0714. The average molecular weight is 211 g/mol. The molecule has 0 aliphatic rings. The average Bonchev–Trinajstić information content (AvgIpc) is 2.38. The summed E-state index contributed by atoms with van der Waals surface area (Å²) in [5.41, 5.74) is 2.20. The lowest BCUT2D eigenvalue weighted by Gasteiger charge is -1.99. The maximum absolute atomic E-state index is 5.16. The Labute approximate surface area is 95.2 Å². The molecule has 0 aliphatic carbocycles. The Kier molecular flexibility index (Phi) is 3.34. The van der Waals surface area contributed by atoms with Crippen LogP contribution in [0, 0.1) is 0 Å². The van der Waals surface area contributed by atoms with Crippen molar-refractivity contribution < 1.29 is 4.74 Å². The standard InChI is InChI=1S/C14H13NO/c1-16-14-6-2-4-12(10-14)7-8-13-5-3-9-15-11-13/h2-11H,1H3. The van der Waals surface area contributed by atoms with Crippen LogP contribution in [0.15, 0.2) is 48.8 Å². The molecule has 0 amide bonds. The van der Waals surface area contributed by atoms with Gasteiger partial charge in [0.1, 0.15) is 5.75 Å². The van der Waals surface area contributed by atoms with Crippen LogP contribution in [0.1, 0.15) is 11.1 Å². The minimum Gasteiger partial charge on any atom is -0.497 e. The monoisotopic (exact) mass is 211 g/mol. The minimum absolute atomic E-state index is 0.869. The van der Waals surface area contributed by atoms with E-state index in [2.05, 4.69) is 4.98 Å². The first-order valence-corrected chi connectivity index (χ1v) is 5.10. The van der Waals surface area contributed by atoms with Crippen LogP contribution in [-0.2, 0) is 0 Å². The Morgan fingerprint density at radius 1 is 1.06 bits per heavy atom. The molecule has 1 heterocycles. The second kappa shape index (κ2) is 5.12. The van der Waals surface area contributed by atoms with E-state index in [4.69, 9.17) is 4.74 Å². The molecular weight excluding hydrogens is 198 g/mol. The van der Waals surface area contributed by atoms with Gasteiger partial charge in [-0.25, -0.2) is 0 Å².